The van der Waals surface area contributed by atoms with Gasteiger partial charge >= 0.3 is 5.97 Å². The summed E-state index contributed by atoms with van der Waals surface area (Å²) in [5.74, 6) is -0.520. The molecule has 88 valence electrons. The van der Waals surface area contributed by atoms with Crippen LogP contribution in [0.4, 0.5) is 0 Å². The molecule has 1 rings (SSSR count). The van der Waals surface area contributed by atoms with E-state index in [0.717, 1.165) is 0 Å². The van der Waals surface area contributed by atoms with Crippen molar-refractivity contribution in [3.63, 3.8) is 0 Å². The minimum absolute atomic E-state index is 0.0352. The van der Waals surface area contributed by atoms with Crippen LogP contribution in [0.2, 0.25) is 0 Å². The molecule has 1 aromatic carbocycles. The van der Waals surface area contributed by atoms with Gasteiger partial charge in [-0.3, -0.25) is 4.79 Å². The molecule has 0 radical (unpaired) electrons. The normalized spacial score (nSPS) is 9.24. The molecule has 0 N–H and O–H groups in total. The lowest BCUT2D eigenvalue weighted by Crippen LogP contribution is -2.08. The van der Waals surface area contributed by atoms with Crippen molar-refractivity contribution in [1.29, 1.82) is 5.26 Å². The Labute approximate surface area is 98.6 Å². The van der Waals surface area contributed by atoms with Gasteiger partial charge in [-0.25, -0.2) is 4.79 Å². The predicted molar refractivity (Wildman–Crippen MR) is 59.1 cm³/mol. The first-order chi connectivity index (χ1) is 8.19. The maximum absolute atomic E-state index is 11.6. The van der Waals surface area contributed by atoms with E-state index in [1.165, 1.54) is 19.2 Å². The van der Waals surface area contributed by atoms with Gasteiger partial charge in [0, 0.05) is 5.56 Å². The van der Waals surface area contributed by atoms with E-state index in [0.29, 0.717) is 6.29 Å². The fourth-order valence-corrected chi connectivity index (χ4v) is 1.39. The molecule has 0 aromatic heterocycles. The number of nitriles is 1. The fourth-order valence-electron chi connectivity index (χ4n) is 1.39. The highest BCUT2D eigenvalue weighted by atomic mass is 16.5. The van der Waals surface area contributed by atoms with Gasteiger partial charge in [-0.1, -0.05) is 0 Å². The number of carbonyl (C=O) groups is 2. The molecule has 5 heteroatoms. The number of rotatable bonds is 4. The molecule has 0 saturated heterocycles. The number of ether oxygens (including phenoxy) is 2. The number of esters is 1. The van der Waals surface area contributed by atoms with Crippen molar-refractivity contribution in [2.75, 3.05) is 13.7 Å². The molecule has 0 spiro atoms. The van der Waals surface area contributed by atoms with Crippen molar-refractivity contribution in [3.05, 3.63) is 28.8 Å². The Kier molecular flexibility index (Phi) is 4.23. The lowest BCUT2D eigenvalue weighted by Gasteiger charge is -2.10. The molecular weight excluding hydrogens is 222 g/mol. The molecule has 17 heavy (non-hydrogen) atoms. The topological polar surface area (TPSA) is 76.4 Å². The van der Waals surface area contributed by atoms with Crippen LogP contribution < -0.4 is 4.74 Å². The summed E-state index contributed by atoms with van der Waals surface area (Å²) in [5, 5.41) is 8.96. The standard InChI is InChI=1S/C12H11NO4/c1-3-17-12(15)9-5-4-8(7-14)10(6-13)11(9)16-2/h4-5,7H,3H2,1-2H3. The van der Waals surface area contributed by atoms with Gasteiger partial charge in [0.2, 0.25) is 0 Å². The lowest BCUT2D eigenvalue weighted by molar-refractivity contribution is 0.0522. The van der Waals surface area contributed by atoms with Crippen LogP contribution in [-0.2, 0) is 4.74 Å². The lowest BCUT2D eigenvalue weighted by atomic mass is 10.0. The Bertz CT molecular complexity index is 488. The molecule has 0 heterocycles. The second-order valence-corrected chi connectivity index (χ2v) is 3.06. The van der Waals surface area contributed by atoms with Crippen LogP contribution in [0.25, 0.3) is 0 Å². The summed E-state index contributed by atoms with van der Waals surface area (Å²) in [6, 6.07) is 4.63. The molecule has 0 saturated carbocycles. The van der Waals surface area contributed by atoms with Crippen molar-refractivity contribution in [2.24, 2.45) is 0 Å². The van der Waals surface area contributed by atoms with Gasteiger partial charge in [0.1, 0.15) is 17.2 Å². The van der Waals surface area contributed by atoms with Crippen LogP contribution in [0.15, 0.2) is 12.1 Å². The maximum Gasteiger partial charge on any atom is 0.341 e. The van der Waals surface area contributed by atoms with E-state index in [-0.39, 0.29) is 29.0 Å². The average Bonchev–Trinajstić information content (AvgIpc) is 2.36. The fraction of sp³-hybridized carbons (Fsp3) is 0.250. The maximum atomic E-state index is 11.6. The van der Waals surface area contributed by atoms with Crippen molar-refractivity contribution < 1.29 is 19.1 Å². The van der Waals surface area contributed by atoms with Crippen LogP contribution in [0.1, 0.15) is 33.2 Å². The van der Waals surface area contributed by atoms with Gasteiger partial charge in [-0.05, 0) is 19.1 Å². The van der Waals surface area contributed by atoms with E-state index < -0.39 is 5.97 Å². The third-order valence-electron chi connectivity index (χ3n) is 2.13. The molecule has 0 bridgehead atoms. The minimum Gasteiger partial charge on any atom is -0.494 e. The summed E-state index contributed by atoms with van der Waals surface area (Å²) in [5.41, 5.74) is 0.349. The van der Waals surface area contributed by atoms with E-state index in [2.05, 4.69) is 0 Å². The average molecular weight is 233 g/mol. The molecule has 1 aromatic rings. The van der Waals surface area contributed by atoms with E-state index >= 15 is 0 Å². The van der Waals surface area contributed by atoms with Gasteiger partial charge in [-0.2, -0.15) is 5.26 Å². The largest absolute Gasteiger partial charge is 0.494 e. The molecule has 0 aliphatic heterocycles. The predicted octanol–water partition coefficient (Wildman–Crippen LogP) is 1.56. The zero-order valence-electron chi connectivity index (χ0n) is 9.52. The first-order valence-electron chi connectivity index (χ1n) is 4.93. The van der Waals surface area contributed by atoms with Crippen LogP contribution in [0.3, 0.4) is 0 Å². The molecular formula is C12H11NO4. The number of hydrogen-bond donors (Lipinski definition) is 0. The Morgan fingerprint density at radius 1 is 1.53 bits per heavy atom. The number of methoxy groups -OCH3 is 1. The molecule has 0 aliphatic carbocycles. The third-order valence-corrected chi connectivity index (χ3v) is 2.13. The highest BCUT2D eigenvalue weighted by molar-refractivity contribution is 5.95. The van der Waals surface area contributed by atoms with Crippen LogP contribution in [-0.4, -0.2) is 26.0 Å². The highest BCUT2D eigenvalue weighted by Crippen LogP contribution is 2.26. The summed E-state index contributed by atoms with van der Waals surface area (Å²) >= 11 is 0. The molecule has 0 fully saturated rings. The van der Waals surface area contributed by atoms with E-state index in [1.54, 1.807) is 6.92 Å². The second kappa shape index (κ2) is 5.66. The van der Waals surface area contributed by atoms with Crippen molar-refractivity contribution in [3.8, 4) is 11.8 Å². The summed E-state index contributed by atoms with van der Waals surface area (Å²) in [7, 11) is 1.33. The first kappa shape index (κ1) is 12.7. The number of hydrogen-bond acceptors (Lipinski definition) is 5. The summed E-state index contributed by atoms with van der Waals surface area (Å²) < 4.78 is 9.82. The molecule has 5 nitrogen and oxygen atoms in total. The molecule has 0 unspecified atom stereocenters. The van der Waals surface area contributed by atoms with Crippen molar-refractivity contribution in [1.82, 2.24) is 0 Å². The van der Waals surface area contributed by atoms with Crippen LogP contribution in [0, 0.1) is 11.3 Å². The highest BCUT2D eigenvalue weighted by Gasteiger charge is 2.19. The Hall–Kier alpha value is -2.35. The Morgan fingerprint density at radius 3 is 2.71 bits per heavy atom. The summed E-state index contributed by atoms with van der Waals surface area (Å²) in [4.78, 5) is 22.3. The van der Waals surface area contributed by atoms with Crippen molar-refractivity contribution in [2.45, 2.75) is 6.92 Å². The van der Waals surface area contributed by atoms with Gasteiger partial charge in [0.05, 0.1) is 13.7 Å². The van der Waals surface area contributed by atoms with E-state index in [4.69, 9.17) is 14.7 Å². The van der Waals surface area contributed by atoms with Gasteiger partial charge in [0.25, 0.3) is 0 Å². The van der Waals surface area contributed by atoms with Gasteiger partial charge in [0.15, 0.2) is 12.0 Å². The van der Waals surface area contributed by atoms with E-state index in [1.807, 2.05) is 6.07 Å². The molecule has 0 amide bonds. The zero-order valence-corrected chi connectivity index (χ0v) is 9.52. The van der Waals surface area contributed by atoms with Gasteiger partial charge in [-0.15, -0.1) is 0 Å². The molecule has 0 aliphatic rings. The van der Waals surface area contributed by atoms with Crippen molar-refractivity contribution >= 4 is 12.3 Å². The summed E-state index contributed by atoms with van der Waals surface area (Å²) in [6.07, 6.45) is 0.538. The SMILES string of the molecule is CCOC(=O)c1ccc(C=O)c(C#N)c1OC. The number of benzene rings is 1. The zero-order chi connectivity index (χ0) is 12.8. The monoisotopic (exact) mass is 233 g/mol. The summed E-state index contributed by atoms with van der Waals surface area (Å²) in [6.45, 7) is 1.90. The van der Waals surface area contributed by atoms with Crippen LogP contribution in [0.5, 0.6) is 5.75 Å². The quantitative estimate of drug-likeness (QED) is 0.582. The second-order valence-electron chi connectivity index (χ2n) is 3.06. The Morgan fingerprint density at radius 2 is 2.24 bits per heavy atom. The number of aldehydes is 1. The third kappa shape index (κ3) is 2.42. The van der Waals surface area contributed by atoms with Crippen LogP contribution >= 0.6 is 0 Å². The number of carbonyl (C=O) groups excluding carboxylic acids is 2. The van der Waals surface area contributed by atoms with E-state index in [9.17, 15) is 9.59 Å². The smallest absolute Gasteiger partial charge is 0.341 e. The first-order valence-corrected chi connectivity index (χ1v) is 4.93. The van der Waals surface area contributed by atoms with Gasteiger partial charge < -0.3 is 9.47 Å². The minimum atomic E-state index is -0.585. The molecule has 0 atom stereocenters. The number of nitrogens with zero attached hydrogens (tertiary/aromatic N) is 1. The Balaban J connectivity index is 3.39.